The minimum Gasteiger partial charge on any atom is -0.354 e. The second kappa shape index (κ2) is 13.3. The van der Waals surface area contributed by atoms with E-state index in [9.17, 15) is 18.0 Å². The summed E-state index contributed by atoms with van der Waals surface area (Å²) in [5.74, 6) is -0.806. The fraction of sp³-hybridized carbons (Fsp3) is 0.286. The van der Waals surface area contributed by atoms with Gasteiger partial charge in [-0.2, -0.15) is 0 Å². The number of benzene rings is 3. The first kappa shape index (κ1) is 28.2. The van der Waals surface area contributed by atoms with E-state index in [-0.39, 0.29) is 23.0 Å². The number of nitrogens with zero attached hydrogens (tertiary/aromatic N) is 2. The van der Waals surface area contributed by atoms with Crippen molar-refractivity contribution >= 4 is 39.1 Å². The standard InChI is InChI=1S/C28H32ClN3O4S/c1-3-4-18-30-28(34)22(2)31(20-23-12-7-5-8-13-23)27(33)21-32(25-15-11-14-24(29)19-25)37(35,36)26-16-9-6-10-17-26/h5-17,19,22H,3-4,18,20-21H2,1-2H3,(H,30,34)/t22-/m0/s1. The van der Waals surface area contributed by atoms with Crippen molar-refractivity contribution in [3.8, 4) is 0 Å². The van der Waals surface area contributed by atoms with Crippen LogP contribution in [0.1, 0.15) is 32.3 Å². The molecule has 2 amide bonds. The Labute approximate surface area is 224 Å². The van der Waals surface area contributed by atoms with Crippen molar-refractivity contribution in [2.45, 2.75) is 44.2 Å². The van der Waals surface area contributed by atoms with Crippen molar-refractivity contribution in [2.75, 3.05) is 17.4 Å². The van der Waals surface area contributed by atoms with E-state index < -0.39 is 28.5 Å². The quantitative estimate of drug-likeness (QED) is 0.331. The topological polar surface area (TPSA) is 86.8 Å². The van der Waals surface area contributed by atoms with E-state index in [1.165, 1.54) is 23.1 Å². The van der Waals surface area contributed by atoms with Gasteiger partial charge in [-0.05, 0) is 49.2 Å². The van der Waals surface area contributed by atoms with Gasteiger partial charge >= 0.3 is 0 Å². The molecule has 0 unspecified atom stereocenters. The van der Waals surface area contributed by atoms with Crippen LogP contribution in [-0.4, -0.2) is 44.3 Å². The minimum atomic E-state index is -4.11. The van der Waals surface area contributed by atoms with Crippen LogP contribution in [0, 0.1) is 0 Å². The molecule has 0 aromatic heterocycles. The zero-order valence-corrected chi connectivity index (χ0v) is 22.6. The number of anilines is 1. The van der Waals surface area contributed by atoms with Crippen molar-refractivity contribution in [3.63, 3.8) is 0 Å². The third-order valence-electron chi connectivity index (χ3n) is 5.90. The summed E-state index contributed by atoms with van der Waals surface area (Å²) in [4.78, 5) is 28.2. The maximum atomic E-state index is 13.8. The summed E-state index contributed by atoms with van der Waals surface area (Å²) in [6.07, 6.45) is 1.75. The number of amides is 2. The monoisotopic (exact) mass is 541 g/mol. The highest BCUT2D eigenvalue weighted by Crippen LogP contribution is 2.26. The van der Waals surface area contributed by atoms with E-state index in [0.29, 0.717) is 11.6 Å². The first-order valence-corrected chi connectivity index (χ1v) is 14.0. The number of carbonyl (C=O) groups is 2. The van der Waals surface area contributed by atoms with Gasteiger partial charge in [0.2, 0.25) is 11.8 Å². The fourth-order valence-corrected chi connectivity index (χ4v) is 5.39. The Balaban J connectivity index is 1.97. The maximum Gasteiger partial charge on any atom is 0.264 e. The highest BCUT2D eigenvalue weighted by atomic mass is 35.5. The summed E-state index contributed by atoms with van der Waals surface area (Å²) >= 11 is 6.17. The molecule has 3 rings (SSSR count). The maximum absolute atomic E-state index is 13.8. The molecule has 0 saturated carbocycles. The lowest BCUT2D eigenvalue weighted by Gasteiger charge is -2.32. The number of halogens is 1. The summed E-state index contributed by atoms with van der Waals surface area (Å²) in [5, 5.41) is 3.21. The van der Waals surface area contributed by atoms with Gasteiger partial charge in [-0.25, -0.2) is 8.42 Å². The summed E-state index contributed by atoms with van der Waals surface area (Å²) < 4.78 is 28.4. The Morgan fingerprint density at radius 3 is 2.22 bits per heavy atom. The normalized spacial score (nSPS) is 12.0. The van der Waals surface area contributed by atoms with Crippen molar-refractivity contribution < 1.29 is 18.0 Å². The number of sulfonamides is 1. The van der Waals surface area contributed by atoms with Crippen LogP contribution in [0.3, 0.4) is 0 Å². The molecule has 37 heavy (non-hydrogen) atoms. The molecule has 0 saturated heterocycles. The van der Waals surface area contributed by atoms with Gasteiger partial charge < -0.3 is 10.2 Å². The smallest absolute Gasteiger partial charge is 0.264 e. The molecule has 0 spiro atoms. The van der Waals surface area contributed by atoms with Crippen molar-refractivity contribution in [2.24, 2.45) is 0 Å². The molecule has 0 aliphatic heterocycles. The Bertz CT molecular complexity index is 1290. The number of carbonyl (C=O) groups excluding carboxylic acids is 2. The first-order valence-electron chi connectivity index (χ1n) is 12.2. The molecule has 0 heterocycles. The number of hydrogen-bond donors (Lipinski definition) is 1. The fourth-order valence-electron chi connectivity index (χ4n) is 3.78. The van der Waals surface area contributed by atoms with E-state index in [2.05, 4.69) is 5.32 Å². The Morgan fingerprint density at radius 1 is 0.946 bits per heavy atom. The Hall–Kier alpha value is -3.36. The Morgan fingerprint density at radius 2 is 1.59 bits per heavy atom. The molecular formula is C28H32ClN3O4S. The van der Waals surface area contributed by atoms with E-state index in [0.717, 1.165) is 22.7 Å². The highest BCUT2D eigenvalue weighted by molar-refractivity contribution is 7.92. The van der Waals surface area contributed by atoms with Crippen LogP contribution in [-0.2, 0) is 26.2 Å². The lowest BCUT2D eigenvalue weighted by Crippen LogP contribution is -2.51. The number of nitrogens with one attached hydrogen (secondary N) is 1. The molecule has 1 N–H and O–H groups in total. The second-order valence-electron chi connectivity index (χ2n) is 8.63. The third kappa shape index (κ3) is 7.57. The summed E-state index contributed by atoms with van der Waals surface area (Å²) in [5.41, 5.74) is 1.08. The summed E-state index contributed by atoms with van der Waals surface area (Å²) in [6, 6.07) is 22.7. The lowest BCUT2D eigenvalue weighted by molar-refractivity contribution is -0.139. The zero-order valence-electron chi connectivity index (χ0n) is 21.0. The minimum absolute atomic E-state index is 0.0442. The molecule has 7 nitrogen and oxygen atoms in total. The van der Waals surface area contributed by atoms with Crippen molar-refractivity contribution in [1.82, 2.24) is 10.2 Å². The molecule has 196 valence electrons. The first-order chi connectivity index (χ1) is 17.7. The Kier molecular flexibility index (Phi) is 10.1. The van der Waals surface area contributed by atoms with Gasteiger partial charge in [0, 0.05) is 18.1 Å². The largest absolute Gasteiger partial charge is 0.354 e. The summed E-state index contributed by atoms with van der Waals surface area (Å²) in [7, 11) is -4.11. The van der Waals surface area contributed by atoms with Crippen molar-refractivity contribution in [3.05, 3.63) is 95.5 Å². The van der Waals surface area contributed by atoms with Crippen LogP contribution in [0.25, 0.3) is 0 Å². The van der Waals surface area contributed by atoms with Crippen LogP contribution in [0.4, 0.5) is 5.69 Å². The van der Waals surface area contributed by atoms with E-state index in [4.69, 9.17) is 11.6 Å². The third-order valence-corrected chi connectivity index (χ3v) is 7.92. The average Bonchev–Trinajstić information content (AvgIpc) is 2.91. The molecule has 0 radical (unpaired) electrons. The van der Waals surface area contributed by atoms with Gasteiger partial charge in [0.05, 0.1) is 10.6 Å². The molecule has 0 aliphatic carbocycles. The van der Waals surface area contributed by atoms with Crippen LogP contribution in [0.5, 0.6) is 0 Å². The highest BCUT2D eigenvalue weighted by Gasteiger charge is 2.32. The van der Waals surface area contributed by atoms with Gasteiger partial charge in [0.15, 0.2) is 0 Å². The van der Waals surface area contributed by atoms with Crippen LogP contribution in [0.2, 0.25) is 5.02 Å². The average molecular weight is 542 g/mol. The number of hydrogen-bond acceptors (Lipinski definition) is 4. The van der Waals surface area contributed by atoms with E-state index in [1.807, 2.05) is 37.3 Å². The van der Waals surface area contributed by atoms with Crippen LogP contribution in [0.15, 0.2) is 89.8 Å². The van der Waals surface area contributed by atoms with Crippen LogP contribution < -0.4 is 9.62 Å². The molecule has 3 aromatic carbocycles. The molecule has 0 aliphatic rings. The van der Waals surface area contributed by atoms with Gasteiger partial charge in [0.25, 0.3) is 10.0 Å². The van der Waals surface area contributed by atoms with E-state index >= 15 is 0 Å². The van der Waals surface area contributed by atoms with Crippen molar-refractivity contribution in [1.29, 1.82) is 0 Å². The SMILES string of the molecule is CCCCNC(=O)[C@H](C)N(Cc1ccccc1)C(=O)CN(c1cccc(Cl)c1)S(=O)(=O)c1ccccc1. The lowest BCUT2D eigenvalue weighted by atomic mass is 10.1. The second-order valence-corrected chi connectivity index (χ2v) is 10.9. The van der Waals surface area contributed by atoms with Gasteiger partial charge in [-0.3, -0.25) is 13.9 Å². The zero-order chi connectivity index (χ0) is 26.8. The molecule has 0 fully saturated rings. The molecule has 3 aromatic rings. The summed E-state index contributed by atoms with van der Waals surface area (Å²) in [6.45, 7) is 3.83. The van der Waals surface area contributed by atoms with Gasteiger partial charge in [-0.1, -0.05) is 79.5 Å². The molecule has 9 heteroatoms. The van der Waals surface area contributed by atoms with Crippen LogP contribution >= 0.6 is 11.6 Å². The predicted molar refractivity (Wildman–Crippen MR) is 147 cm³/mol. The molecular weight excluding hydrogens is 510 g/mol. The molecule has 0 bridgehead atoms. The van der Waals surface area contributed by atoms with Gasteiger partial charge in [0.1, 0.15) is 12.6 Å². The number of unbranched alkanes of at least 4 members (excludes halogenated alkanes) is 1. The predicted octanol–water partition coefficient (Wildman–Crippen LogP) is 4.87. The van der Waals surface area contributed by atoms with E-state index in [1.54, 1.807) is 43.3 Å². The molecule has 1 atom stereocenters. The van der Waals surface area contributed by atoms with Gasteiger partial charge in [-0.15, -0.1) is 0 Å². The number of rotatable bonds is 12.